The topological polar surface area (TPSA) is 37.2 Å². The highest BCUT2D eigenvalue weighted by Gasteiger charge is 2.26. The average Bonchev–Trinajstić information content (AvgIpc) is 3.00. The molecule has 142 valence electrons. The van der Waals surface area contributed by atoms with Crippen molar-refractivity contribution in [2.24, 2.45) is 0 Å². The van der Waals surface area contributed by atoms with Crippen molar-refractivity contribution in [3.8, 4) is 0 Å². The molecule has 0 aliphatic carbocycles. The second-order valence-electron chi connectivity index (χ2n) is 7.94. The Morgan fingerprint density at radius 1 is 1.12 bits per heavy atom. The molecule has 3 rings (SSSR count). The molecule has 1 saturated heterocycles. The van der Waals surface area contributed by atoms with E-state index in [1.54, 1.807) is 0 Å². The highest BCUT2D eigenvalue weighted by atomic mass is 15.3. The summed E-state index contributed by atoms with van der Waals surface area (Å²) in [5.41, 5.74) is 4.22. The monoisotopic (exact) mass is 355 g/mol. The van der Waals surface area contributed by atoms with Crippen LogP contribution in [0.1, 0.15) is 54.0 Å². The van der Waals surface area contributed by atoms with Crippen LogP contribution in [-0.2, 0) is 19.6 Å². The van der Waals surface area contributed by atoms with Gasteiger partial charge in [-0.3, -0.25) is 4.90 Å². The predicted molar refractivity (Wildman–Crippen MR) is 106 cm³/mol. The van der Waals surface area contributed by atoms with E-state index in [4.69, 9.17) is 0 Å². The third-order valence-electron chi connectivity index (χ3n) is 5.48. The van der Waals surface area contributed by atoms with Gasteiger partial charge in [-0.2, -0.15) is 0 Å². The molecular formula is C21H33N5. The number of aromatic nitrogens is 3. The first-order chi connectivity index (χ1) is 12.5. The Morgan fingerprint density at radius 3 is 2.50 bits per heavy atom. The Balaban J connectivity index is 1.63. The molecule has 0 spiro atoms. The summed E-state index contributed by atoms with van der Waals surface area (Å²) in [6, 6.07) is 6.78. The van der Waals surface area contributed by atoms with Crippen molar-refractivity contribution in [1.29, 1.82) is 0 Å². The van der Waals surface area contributed by atoms with Crippen molar-refractivity contribution in [2.75, 3.05) is 27.2 Å². The van der Waals surface area contributed by atoms with Crippen LogP contribution in [0.25, 0.3) is 0 Å². The lowest BCUT2D eigenvalue weighted by atomic mass is 9.95. The molecule has 0 unspecified atom stereocenters. The lowest BCUT2D eigenvalue weighted by Gasteiger charge is -2.32. The first-order valence-electron chi connectivity index (χ1n) is 9.83. The number of benzene rings is 1. The Kier molecular flexibility index (Phi) is 6.09. The Labute approximate surface area is 158 Å². The molecule has 1 aromatic heterocycles. The Hall–Kier alpha value is -1.72. The molecule has 5 nitrogen and oxygen atoms in total. The van der Waals surface area contributed by atoms with Gasteiger partial charge in [0.05, 0.1) is 6.54 Å². The van der Waals surface area contributed by atoms with Gasteiger partial charge in [-0.15, -0.1) is 10.2 Å². The molecule has 0 amide bonds. The van der Waals surface area contributed by atoms with E-state index in [2.05, 4.69) is 77.6 Å². The molecular weight excluding hydrogens is 322 g/mol. The molecule has 0 saturated carbocycles. The minimum Gasteiger partial charge on any atom is -0.314 e. The highest BCUT2D eigenvalue weighted by molar-refractivity contribution is 5.30. The zero-order valence-corrected chi connectivity index (χ0v) is 17.0. The van der Waals surface area contributed by atoms with Gasteiger partial charge in [-0.25, -0.2) is 0 Å². The molecule has 26 heavy (non-hydrogen) atoms. The van der Waals surface area contributed by atoms with Crippen LogP contribution in [-0.4, -0.2) is 51.7 Å². The number of hydrogen-bond acceptors (Lipinski definition) is 4. The molecule has 1 aliphatic rings. The maximum atomic E-state index is 4.57. The smallest absolute Gasteiger partial charge is 0.147 e. The van der Waals surface area contributed by atoms with Crippen molar-refractivity contribution in [3.05, 3.63) is 46.5 Å². The maximum absolute atomic E-state index is 4.57. The van der Waals surface area contributed by atoms with Gasteiger partial charge in [-0.1, -0.05) is 23.8 Å². The number of rotatable bonds is 6. The first-order valence-corrected chi connectivity index (χ1v) is 9.83. The number of aryl methyl sites for hydroxylation is 2. The molecule has 5 heteroatoms. The minimum atomic E-state index is 0.535. The molecule has 0 radical (unpaired) electrons. The number of nitrogens with zero attached hydrogens (tertiary/aromatic N) is 5. The van der Waals surface area contributed by atoms with Crippen LogP contribution >= 0.6 is 0 Å². The fourth-order valence-corrected chi connectivity index (χ4v) is 3.96. The van der Waals surface area contributed by atoms with Gasteiger partial charge in [-0.05, 0) is 71.9 Å². The van der Waals surface area contributed by atoms with Gasteiger partial charge < -0.3 is 9.47 Å². The van der Waals surface area contributed by atoms with E-state index in [-0.39, 0.29) is 0 Å². The molecule has 1 aromatic carbocycles. The van der Waals surface area contributed by atoms with Gasteiger partial charge in [0.15, 0.2) is 0 Å². The van der Waals surface area contributed by atoms with Crippen LogP contribution in [0.4, 0.5) is 0 Å². The zero-order valence-electron chi connectivity index (χ0n) is 17.0. The predicted octanol–water partition coefficient (Wildman–Crippen LogP) is 3.36. The van der Waals surface area contributed by atoms with Gasteiger partial charge in [0.1, 0.15) is 11.6 Å². The van der Waals surface area contributed by atoms with E-state index in [0.29, 0.717) is 5.92 Å². The summed E-state index contributed by atoms with van der Waals surface area (Å²) in [4.78, 5) is 4.75. The van der Waals surface area contributed by atoms with Gasteiger partial charge in [0.2, 0.25) is 0 Å². The summed E-state index contributed by atoms with van der Waals surface area (Å²) in [6.07, 6.45) is 2.34. The third-order valence-corrected chi connectivity index (χ3v) is 5.48. The average molecular weight is 356 g/mol. The molecule has 0 bridgehead atoms. The highest BCUT2D eigenvalue weighted by Crippen LogP contribution is 2.28. The van der Waals surface area contributed by atoms with Crippen LogP contribution in [0.3, 0.4) is 0 Å². The number of hydrogen-bond donors (Lipinski definition) is 0. The lowest BCUT2D eigenvalue weighted by Crippen LogP contribution is -2.33. The van der Waals surface area contributed by atoms with Crippen molar-refractivity contribution in [1.82, 2.24) is 24.6 Å². The van der Waals surface area contributed by atoms with Gasteiger partial charge in [0.25, 0.3) is 0 Å². The van der Waals surface area contributed by atoms with E-state index in [9.17, 15) is 0 Å². The summed E-state index contributed by atoms with van der Waals surface area (Å²) in [5.74, 6) is 2.81. The van der Waals surface area contributed by atoms with E-state index in [0.717, 1.165) is 38.5 Å². The fourth-order valence-electron chi connectivity index (χ4n) is 3.96. The van der Waals surface area contributed by atoms with Crippen molar-refractivity contribution in [3.63, 3.8) is 0 Å². The van der Waals surface area contributed by atoms with Crippen molar-refractivity contribution in [2.45, 2.75) is 59.2 Å². The fraction of sp³-hybridized carbons (Fsp3) is 0.619. The molecule has 2 heterocycles. The summed E-state index contributed by atoms with van der Waals surface area (Å²) in [7, 11) is 4.17. The standard InChI is InChI=1S/C21H33N5/c1-6-26-20(15-24(4)5)22-23-21(26)18-9-11-25(12-10-18)14-19-13-16(2)7-8-17(19)3/h7-8,13,18H,6,9-12,14-15H2,1-5H3. The summed E-state index contributed by atoms with van der Waals surface area (Å²) >= 11 is 0. The molecule has 0 N–H and O–H groups in total. The SMILES string of the molecule is CCn1c(CN(C)C)nnc1C1CCN(Cc2cc(C)ccc2C)CC1. The first kappa shape index (κ1) is 19.1. The number of likely N-dealkylation sites (tertiary alicyclic amines) is 1. The molecule has 0 atom stereocenters. The Morgan fingerprint density at radius 2 is 1.85 bits per heavy atom. The summed E-state index contributed by atoms with van der Waals surface area (Å²) in [5, 5.41) is 9.03. The van der Waals surface area contributed by atoms with Crippen LogP contribution in [0.15, 0.2) is 18.2 Å². The second kappa shape index (κ2) is 8.31. The molecule has 2 aromatic rings. The summed E-state index contributed by atoms with van der Waals surface area (Å²) in [6.45, 7) is 11.7. The minimum absolute atomic E-state index is 0.535. The quantitative estimate of drug-likeness (QED) is 0.796. The Bertz CT molecular complexity index is 726. The van der Waals surface area contributed by atoms with Crippen LogP contribution in [0.2, 0.25) is 0 Å². The molecule has 1 aliphatic heterocycles. The summed E-state index contributed by atoms with van der Waals surface area (Å²) < 4.78 is 2.32. The van der Waals surface area contributed by atoms with E-state index < -0.39 is 0 Å². The van der Waals surface area contributed by atoms with Gasteiger partial charge in [0, 0.05) is 19.0 Å². The van der Waals surface area contributed by atoms with E-state index >= 15 is 0 Å². The van der Waals surface area contributed by atoms with Crippen LogP contribution < -0.4 is 0 Å². The maximum Gasteiger partial charge on any atom is 0.147 e. The lowest BCUT2D eigenvalue weighted by molar-refractivity contribution is 0.199. The van der Waals surface area contributed by atoms with Crippen LogP contribution in [0, 0.1) is 13.8 Å². The van der Waals surface area contributed by atoms with Crippen molar-refractivity contribution < 1.29 is 0 Å². The zero-order chi connectivity index (χ0) is 18.7. The normalized spacial score (nSPS) is 16.5. The number of piperidine rings is 1. The van der Waals surface area contributed by atoms with Gasteiger partial charge >= 0.3 is 0 Å². The van der Waals surface area contributed by atoms with E-state index in [1.807, 2.05) is 0 Å². The van der Waals surface area contributed by atoms with Crippen LogP contribution in [0.5, 0.6) is 0 Å². The molecule has 1 fully saturated rings. The third kappa shape index (κ3) is 4.33. The largest absolute Gasteiger partial charge is 0.314 e. The second-order valence-corrected chi connectivity index (χ2v) is 7.94. The van der Waals surface area contributed by atoms with E-state index in [1.165, 1.54) is 35.4 Å². The van der Waals surface area contributed by atoms with Crippen molar-refractivity contribution >= 4 is 0 Å².